The molecule has 4 heterocycles. The number of ether oxygens (including phenoxy) is 1. The SMILES string of the molecule is Cn1nc(-c2ccnc(N3CCOCC3)c2)c2cc(O)ncc21. The standard InChI is InChI=1S/C16H17N5O2/c1-20-13-10-18-15(22)9-12(13)16(19-20)11-2-3-17-14(8-11)21-4-6-23-7-5-21/h2-3,8-10H,4-7H2,1H3,(H,18,22). The Morgan fingerprint density at radius 2 is 2.00 bits per heavy atom. The van der Waals surface area contributed by atoms with E-state index < -0.39 is 0 Å². The predicted octanol–water partition coefficient (Wildman–Crippen LogP) is 1.57. The summed E-state index contributed by atoms with van der Waals surface area (Å²) in [4.78, 5) is 10.6. The van der Waals surface area contributed by atoms with Crippen molar-refractivity contribution in [3.63, 3.8) is 0 Å². The summed E-state index contributed by atoms with van der Waals surface area (Å²) in [6, 6.07) is 5.61. The van der Waals surface area contributed by atoms with E-state index in [-0.39, 0.29) is 5.88 Å². The molecule has 1 fully saturated rings. The molecule has 1 N–H and O–H groups in total. The van der Waals surface area contributed by atoms with Crippen LogP contribution in [0.1, 0.15) is 0 Å². The minimum absolute atomic E-state index is 0.00536. The largest absolute Gasteiger partial charge is 0.493 e. The Kier molecular flexibility index (Phi) is 3.34. The number of rotatable bonds is 2. The summed E-state index contributed by atoms with van der Waals surface area (Å²) < 4.78 is 7.16. The van der Waals surface area contributed by atoms with Gasteiger partial charge in [0.1, 0.15) is 11.5 Å². The van der Waals surface area contributed by atoms with Gasteiger partial charge in [0.2, 0.25) is 5.88 Å². The summed E-state index contributed by atoms with van der Waals surface area (Å²) in [6.07, 6.45) is 3.42. The second-order valence-electron chi connectivity index (χ2n) is 5.53. The van der Waals surface area contributed by atoms with Gasteiger partial charge in [-0.25, -0.2) is 9.97 Å². The van der Waals surface area contributed by atoms with Crippen LogP contribution < -0.4 is 4.90 Å². The van der Waals surface area contributed by atoms with Crippen molar-refractivity contribution < 1.29 is 9.84 Å². The van der Waals surface area contributed by atoms with Crippen molar-refractivity contribution in [3.8, 4) is 17.1 Å². The first-order valence-corrected chi connectivity index (χ1v) is 7.53. The highest BCUT2D eigenvalue weighted by Crippen LogP contribution is 2.30. The molecule has 1 aliphatic rings. The highest BCUT2D eigenvalue weighted by molar-refractivity contribution is 5.93. The Morgan fingerprint density at radius 1 is 1.17 bits per heavy atom. The average molecular weight is 311 g/mol. The van der Waals surface area contributed by atoms with Crippen LogP contribution in [0.5, 0.6) is 5.88 Å². The molecule has 0 atom stereocenters. The van der Waals surface area contributed by atoms with Crippen molar-refractivity contribution in [1.29, 1.82) is 0 Å². The lowest BCUT2D eigenvalue weighted by atomic mass is 10.1. The number of nitrogens with zero attached hydrogens (tertiary/aromatic N) is 5. The zero-order valence-corrected chi connectivity index (χ0v) is 12.8. The number of morpholine rings is 1. The van der Waals surface area contributed by atoms with Gasteiger partial charge in [0.05, 0.1) is 24.9 Å². The number of fused-ring (bicyclic) bond motifs is 1. The van der Waals surface area contributed by atoms with Gasteiger partial charge in [0.25, 0.3) is 0 Å². The maximum absolute atomic E-state index is 9.69. The lowest BCUT2D eigenvalue weighted by molar-refractivity contribution is 0.122. The van der Waals surface area contributed by atoms with Crippen LogP contribution in [0.3, 0.4) is 0 Å². The van der Waals surface area contributed by atoms with E-state index in [4.69, 9.17) is 4.74 Å². The Morgan fingerprint density at radius 3 is 2.83 bits per heavy atom. The molecule has 3 aromatic heterocycles. The first-order valence-electron chi connectivity index (χ1n) is 7.53. The molecule has 0 unspecified atom stereocenters. The Labute approximate surface area is 133 Å². The molecule has 0 aromatic carbocycles. The van der Waals surface area contributed by atoms with Crippen molar-refractivity contribution in [1.82, 2.24) is 19.7 Å². The van der Waals surface area contributed by atoms with E-state index in [1.165, 1.54) is 0 Å². The Balaban J connectivity index is 1.80. The van der Waals surface area contributed by atoms with Gasteiger partial charge in [-0.1, -0.05) is 0 Å². The van der Waals surface area contributed by atoms with E-state index in [0.29, 0.717) is 0 Å². The van der Waals surface area contributed by atoms with Crippen LogP contribution in [0, 0.1) is 0 Å². The summed E-state index contributed by atoms with van der Waals surface area (Å²) in [6.45, 7) is 3.12. The lowest BCUT2D eigenvalue weighted by Gasteiger charge is -2.27. The van der Waals surface area contributed by atoms with Crippen LogP contribution in [0.15, 0.2) is 30.6 Å². The second-order valence-corrected chi connectivity index (χ2v) is 5.53. The molecule has 3 aromatic rings. The molecule has 1 saturated heterocycles. The van der Waals surface area contributed by atoms with E-state index >= 15 is 0 Å². The second kappa shape index (κ2) is 5.51. The van der Waals surface area contributed by atoms with Gasteiger partial charge in [-0.15, -0.1) is 0 Å². The summed E-state index contributed by atoms with van der Waals surface area (Å²) in [5.74, 6) is 0.914. The molecule has 0 spiro atoms. The molecule has 1 aliphatic heterocycles. The molecule has 4 rings (SSSR count). The quantitative estimate of drug-likeness (QED) is 0.774. The molecule has 0 bridgehead atoms. The van der Waals surface area contributed by atoms with Crippen molar-refractivity contribution >= 4 is 16.7 Å². The summed E-state index contributed by atoms with van der Waals surface area (Å²) in [5.41, 5.74) is 2.66. The van der Waals surface area contributed by atoms with Crippen LogP contribution in [0.25, 0.3) is 22.2 Å². The third-order valence-electron chi connectivity index (χ3n) is 4.08. The third-order valence-corrected chi connectivity index (χ3v) is 4.08. The van der Waals surface area contributed by atoms with Crippen LogP contribution in [0.2, 0.25) is 0 Å². The van der Waals surface area contributed by atoms with Gasteiger partial charge in [-0.3, -0.25) is 4.68 Å². The fraction of sp³-hybridized carbons (Fsp3) is 0.312. The Bertz CT molecular complexity index is 855. The third kappa shape index (κ3) is 2.49. The van der Waals surface area contributed by atoms with E-state index in [2.05, 4.69) is 20.0 Å². The van der Waals surface area contributed by atoms with E-state index in [0.717, 1.165) is 54.3 Å². The van der Waals surface area contributed by atoms with E-state index in [1.807, 2.05) is 19.2 Å². The van der Waals surface area contributed by atoms with Crippen molar-refractivity contribution in [2.45, 2.75) is 0 Å². The van der Waals surface area contributed by atoms with Gasteiger partial charge in [-0.2, -0.15) is 5.10 Å². The summed E-state index contributed by atoms with van der Waals surface area (Å²) in [7, 11) is 1.87. The van der Waals surface area contributed by atoms with Gasteiger partial charge in [0.15, 0.2) is 0 Å². The molecule has 23 heavy (non-hydrogen) atoms. The zero-order chi connectivity index (χ0) is 15.8. The molecule has 0 aliphatic carbocycles. The minimum atomic E-state index is -0.00536. The molecule has 118 valence electrons. The number of hydrogen-bond donors (Lipinski definition) is 1. The Hall–Kier alpha value is -2.67. The topological polar surface area (TPSA) is 76.3 Å². The molecule has 0 amide bonds. The summed E-state index contributed by atoms with van der Waals surface area (Å²) in [5, 5.41) is 15.1. The fourth-order valence-corrected chi connectivity index (χ4v) is 2.89. The van der Waals surface area contributed by atoms with Crippen LogP contribution >= 0.6 is 0 Å². The molecular formula is C16H17N5O2. The normalized spacial score (nSPS) is 15.3. The zero-order valence-electron chi connectivity index (χ0n) is 12.8. The van der Waals surface area contributed by atoms with Gasteiger partial charge >= 0.3 is 0 Å². The number of hydrogen-bond acceptors (Lipinski definition) is 6. The highest BCUT2D eigenvalue weighted by Gasteiger charge is 2.16. The number of aryl methyl sites for hydroxylation is 1. The monoisotopic (exact) mass is 311 g/mol. The number of aromatic nitrogens is 4. The molecule has 7 heteroatoms. The number of pyridine rings is 2. The van der Waals surface area contributed by atoms with Crippen LogP contribution in [-0.4, -0.2) is 51.2 Å². The summed E-state index contributed by atoms with van der Waals surface area (Å²) >= 11 is 0. The minimum Gasteiger partial charge on any atom is -0.493 e. The van der Waals surface area contributed by atoms with E-state index in [1.54, 1.807) is 23.1 Å². The van der Waals surface area contributed by atoms with Crippen LogP contribution in [-0.2, 0) is 11.8 Å². The number of anilines is 1. The highest BCUT2D eigenvalue weighted by atomic mass is 16.5. The maximum Gasteiger partial charge on any atom is 0.211 e. The molecule has 0 radical (unpaired) electrons. The first kappa shape index (κ1) is 14.0. The van der Waals surface area contributed by atoms with Crippen molar-refractivity contribution in [3.05, 3.63) is 30.6 Å². The van der Waals surface area contributed by atoms with Gasteiger partial charge in [-0.05, 0) is 12.1 Å². The van der Waals surface area contributed by atoms with Crippen molar-refractivity contribution in [2.75, 3.05) is 31.2 Å². The molecule has 7 nitrogen and oxygen atoms in total. The smallest absolute Gasteiger partial charge is 0.211 e. The average Bonchev–Trinajstić information content (AvgIpc) is 2.92. The number of aromatic hydroxyl groups is 1. The van der Waals surface area contributed by atoms with E-state index in [9.17, 15) is 5.11 Å². The molecular weight excluding hydrogens is 294 g/mol. The maximum atomic E-state index is 9.69. The lowest BCUT2D eigenvalue weighted by Crippen LogP contribution is -2.36. The van der Waals surface area contributed by atoms with Gasteiger partial charge in [0, 0.05) is 43.4 Å². The van der Waals surface area contributed by atoms with Gasteiger partial charge < -0.3 is 14.7 Å². The van der Waals surface area contributed by atoms with Crippen LogP contribution in [0.4, 0.5) is 5.82 Å². The molecule has 0 saturated carbocycles. The van der Waals surface area contributed by atoms with Crippen molar-refractivity contribution in [2.24, 2.45) is 7.05 Å². The predicted molar refractivity (Wildman–Crippen MR) is 86.4 cm³/mol. The first-order chi connectivity index (χ1) is 11.2. The fourth-order valence-electron chi connectivity index (χ4n) is 2.89.